The maximum atomic E-state index is 12.6. The lowest BCUT2D eigenvalue weighted by molar-refractivity contribution is -0.127. The molecule has 0 saturated carbocycles. The van der Waals surface area contributed by atoms with E-state index in [-0.39, 0.29) is 6.04 Å². The van der Waals surface area contributed by atoms with Gasteiger partial charge in [0.25, 0.3) is 11.7 Å². The van der Waals surface area contributed by atoms with E-state index in [2.05, 4.69) is 4.98 Å². The molecule has 22 heavy (non-hydrogen) atoms. The van der Waals surface area contributed by atoms with Crippen molar-refractivity contribution < 1.29 is 14.3 Å². The molecular formula is C17H22N2O3. The highest BCUT2D eigenvalue weighted by Gasteiger charge is 2.26. The Morgan fingerprint density at radius 1 is 1.32 bits per heavy atom. The SMILES string of the molecule is CCN(C(=O)C(=O)c1c[nH]c2c(C)cc(OC)cc12)C(C)C. The summed E-state index contributed by atoms with van der Waals surface area (Å²) in [7, 11) is 1.58. The number of H-pyrrole nitrogens is 1. The minimum absolute atomic E-state index is 0.0112. The summed E-state index contributed by atoms with van der Waals surface area (Å²) in [6, 6.07) is 3.66. The number of carbonyl (C=O) groups excluding carboxylic acids is 2. The summed E-state index contributed by atoms with van der Waals surface area (Å²) in [5.41, 5.74) is 2.21. The molecule has 118 valence electrons. The number of hydrogen-bond acceptors (Lipinski definition) is 3. The molecule has 0 unspecified atom stereocenters. The smallest absolute Gasteiger partial charge is 0.295 e. The Hall–Kier alpha value is -2.30. The minimum Gasteiger partial charge on any atom is -0.497 e. The molecule has 0 aliphatic carbocycles. The molecule has 1 heterocycles. The monoisotopic (exact) mass is 302 g/mol. The number of aromatic nitrogens is 1. The average Bonchev–Trinajstić information content (AvgIpc) is 2.90. The van der Waals surface area contributed by atoms with Crippen LogP contribution >= 0.6 is 0 Å². The second-order valence-electron chi connectivity index (χ2n) is 5.58. The van der Waals surface area contributed by atoms with Crippen LogP contribution in [0.25, 0.3) is 10.9 Å². The third-order valence-corrected chi connectivity index (χ3v) is 3.86. The number of nitrogens with one attached hydrogen (secondary N) is 1. The molecule has 0 aliphatic heterocycles. The lowest BCUT2D eigenvalue weighted by Crippen LogP contribution is -2.41. The number of carbonyl (C=O) groups is 2. The average molecular weight is 302 g/mol. The first-order valence-corrected chi connectivity index (χ1v) is 7.41. The van der Waals surface area contributed by atoms with Crippen molar-refractivity contribution in [3.63, 3.8) is 0 Å². The molecule has 5 heteroatoms. The molecule has 0 radical (unpaired) electrons. The number of nitrogens with zero attached hydrogens (tertiary/aromatic N) is 1. The van der Waals surface area contributed by atoms with E-state index in [1.807, 2.05) is 33.8 Å². The van der Waals surface area contributed by atoms with Gasteiger partial charge in [-0.1, -0.05) is 0 Å². The molecule has 0 spiro atoms. The van der Waals surface area contributed by atoms with E-state index in [1.165, 1.54) is 0 Å². The van der Waals surface area contributed by atoms with Gasteiger partial charge in [-0.3, -0.25) is 9.59 Å². The van der Waals surface area contributed by atoms with Gasteiger partial charge in [-0.2, -0.15) is 0 Å². The molecule has 0 saturated heterocycles. The molecule has 2 aromatic rings. The number of fused-ring (bicyclic) bond motifs is 1. The number of ether oxygens (including phenoxy) is 1. The summed E-state index contributed by atoms with van der Waals surface area (Å²) in [5.74, 6) is -0.296. The van der Waals surface area contributed by atoms with E-state index in [0.29, 0.717) is 17.9 Å². The van der Waals surface area contributed by atoms with Crippen LogP contribution in [-0.4, -0.2) is 41.3 Å². The normalized spacial score (nSPS) is 11.0. The number of rotatable bonds is 5. The molecule has 1 amide bonds. The summed E-state index contributed by atoms with van der Waals surface area (Å²) in [6.45, 7) is 8.11. The van der Waals surface area contributed by atoms with Crippen LogP contribution in [0.4, 0.5) is 0 Å². The van der Waals surface area contributed by atoms with Gasteiger partial charge in [0.15, 0.2) is 0 Å². The second kappa shape index (κ2) is 6.22. The summed E-state index contributed by atoms with van der Waals surface area (Å²) < 4.78 is 5.25. The largest absolute Gasteiger partial charge is 0.497 e. The van der Waals surface area contributed by atoms with Gasteiger partial charge in [0.1, 0.15) is 5.75 Å². The zero-order chi connectivity index (χ0) is 16.4. The van der Waals surface area contributed by atoms with Gasteiger partial charge in [0.2, 0.25) is 0 Å². The number of hydrogen-bond donors (Lipinski definition) is 1. The van der Waals surface area contributed by atoms with Crippen molar-refractivity contribution in [2.45, 2.75) is 33.7 Å². The summed E-state index contributed by atoms with van der Waals surface area (Å²) >= 11 is 0. The number of likely N-dealkylation sites (N-methyl/N-ethyl adjacent to an activating group) is 1. The van der Waals surface area contributed by atoms with Crippen LogP contribution in [0.2, 0.25) is 0 Å². The number of aryl methyl sites for hydroxylation is 1. The number of amides is 1. The summed E-state index contributed by atoms with van der Waals surface area (Å²) in [4.78, 5) is 29.7. The molecule has 1 N–H and O–H groups in total. The van der Waals surface area contributed by atoms with Gasteiger partial charge < -0.3 is 14.6 Å². The van der Waals surface area contributed by atoms with Crippen LogP contribution in [-0.2, 0) is 4.79 Å². The summed E-state index contributed by atoms with van der Waals surface area (Å²) in [6.07, 6.45) is 1.60. The van der Waals surface area contributed by atoms with E-state index < -0.39 is 11.7 Å². The van der Waals surface area contributed by atoms with Gasteiger partial charge >= 0.3 is 0 Å². The molecule has 0 bridgehead atoms. The lowest BCUT2D eigenvalue weighted by Gasteiger charge is -2.24. The first-order valence-electron chi connectivity index (χ1n) is 7.41. The third kappa shape index (κ3) is 2.71. The van der Waals surface area contributed by atoms with Crippen molar-refractivity contribution in [3.05, 3.63) is 29.5 Å². The number of Topliss-reactive ketones (excluding diaryl/α,β-unsaturated/α-hetero) is 1. The predicted molar refractivity (Wildman–Crippen MR) is 86.4 cm³/mol. The van der Waals surface area contributed by atoms with Gasteiger partial charge in [0.05, 0.1) is 12.7 Å². The Kier molecular flexibility index (Phi) is 4.54. The minimum atomic E-state index is -0.491. The van der Waals surface area contributed by atoms with Gasteiger partial charge in [-0.15, -0.1) is 0 Å². The van der Waals surface area contributed by atoms with Crippen LogP contribution in [0.5, 0.6) is 5.75 Å². The summed E-state index contributed by atoms with van der Waals surface area (Å²) in [5, 5.41) is 0.718. The number of methoxy groups -OCH3 is 1. The van der Waals surface area contributed by atoms with Crippen molar-refractivity contribution >= 4 is 22.6 Å². The van der Waals surface area contributed by atoms with Crippen LogP contribution in [0.1, 0.15) is 36.7 Å². The highest BCUT2D eigenvalue weighted by Crippen LogP contribution is 2.27. The molecule has 5 nitrogen and oxygen atoms in total. The van der Waals surface area contributed by atoms with Crippen LogP contribution in [0.15, 0.2) is 18.3 Å². The van der Waals surface area contributed by atoms with E-state index in [1.54, 1.807) is 24.3 Å². The maximum absolute atomic E-state index is 12.6. The Morgan fingerprint density at radius 3 is 2.55 bits per heavy atom. The van der Waals surface area contributed by atoms with Crippen LogP contribution in [0.3, 0.4) is 0 Å². The highest BCUT2D eigenvalue weighted by molar-refractivity contribution is 6.45. The number of ketones is 1. The van der Waals surface area contributed by atoms with Gasteiger partial charge in [0, 0.05) is 29.7 Å². The van der Waals surface area contributed by atoms with Crippen molar-refractivity contribution in [2.75, 3.05) is 13.7 Å². The molecule has 1 aromatic heterocycles. The molecular weight excluding hydrogens is 280 g/mol. The lowest BCUT2D eigenvalue weighted by atomic mass is 10.1. The fourth-order valence-corrected chi connectivity index (χ4v) is 2.67. The fraction of sp³-hybridized carbons (Fsp3) is 0.412. The van der Waals surface area contributed by atoms with E-state index in [0.717, 1.165) is 16.5 Å². The van der Waals surface area contributed by atoms with E-state index in [4.69, 9.17) is 4.74 Å². The highest BCUT2D eigenvalue weighted by atomic mass is 16.5. The molecule has 0 aliphatic rings. The zero-order valence-electron chi connectivity index (χ0n) is 13.7. The number of benzene rings is 1. The van der Waals surface area contributed by atoms with E-state index in [9.17, 15) is 9.59 Å². The second-order valence-corrected chi connectivity index (χ2v) is 5.58. The third-order valence-electron chi connectivity index (χ3n) is 3.86. The maximum Gasteiger partial charge on any atom is 0.295 e. The fourth-order valence-electron chi connectivity index (χ4n) is 2.67. The van der Waals surface area contributed by atoms with Crippen molar-refractivity contribution in [1.29, 1.82) is 0 Å². The Bertz CT molecular complexity index is 716. The van der Waals surface area contributed by atoms with Crippen LogP contribution < -0.4 is 4.74 Å². The standard InChI is InChI=1S/C17H22N2O3/c1-6-19(10(2)3)17(21)16(20)14-9-18-15-11(4)7-12(22-5)8-13(14)15/h7-10,18H,6H2,1-5H3. The quantitative estimate of drug-likeness (QED) is 0.682. The Morgan fingerprint density at radius 2 is 2.00 bits per heavy atom. The molecule has 0 fully saturated rings. The van der Waals surface area contributed by atoms with Crippen LogP contribution in [0, 0.1) is 6.92 Å². The predicted octanol–water partition coefficient (Wildman–Crippen LogP) is 2.92. The molecule has 1 aromatic carbocycles. The first kappa shape index (κ1) is 16.1. The molecule has 0 atom stereocenters. The zero-order valence-corrected chi connectivity index (χ0v) is 13.7. The Balaban J connectivity index is 2.48. The van der Waals surface area contributed by atoms with E-state index >= 15 is 0 Å². The van der Waals surface area contributed by atoms with Crippen molar-refractivity contribution in [2.24, 2.45) is 0 Å². The van der Waals surface area contributed by atoms with Crippen molar-refractivity contribution in [3.8, 4) is 5.75 Å². The number of aromatic amines is 1. The Labute approximate surface area is 130 Å². The molecule has 2 rings (SSSR count). The topological polar surface area (TPSA) is 62.4 Å². The van der Waals surface area contributed by atoms with Crippen molar-refractivity contribution in [1.82, 2.24) is 9.88 Å². The first-order chi connectivity index (χ1) is 10.4. The van der Waals surface area contributed by atoms with Gasteiger partial charge in [-0.25, -0.2) is 0 Å². The van der Waals surface area contributed by atoms with Gasteiger partial charge in [-0.05, 0) is 45.4 Å².